The van der Waals surface area contributed by atoms with Gasteiger partial charge >= 0.3 is 0 Å². The number of rotatable bonds is 6. The van der Waals surface area contributed by atoms with Crippen LogP contribution < -0.4 is 10.6 Å². The highest BCUT2D eigenvalue weighted by atomic mass is 16.2. The summed E-state index contributed by atoms with van der Waals surface area (Å²) in [6.45, 7) is 9.33. The van der Waals surface area contributed by atoms with Crippen LogP contribution in [0, 0.1) is 11.8 Å². The lowest BCUT2D eigenvalue weighted by atomic mass is 10.2. The zero-order valence-corrected chi connectivity index (χ0v) is 12.6. The molecule has 0 fully saturated rings. The molecule has 5 nitrogen and oxygen atoms in total. The van der Waals surface area contributed by atoms with E-state index in [0.717, 1.165) is 0 Å². The molecule has 0 unspecified atom stereocenters. The summed E-state index contributed by atoms with van der Waals surface area (Å²) in [6, 6.07) is 3.19. The number of carbonyl (C=O) groups excluding carboxylic acids is 2. The summed E-state index contributed by atoms with van der Waals surface area (Å²) in [7, 11) is 0. The Balaban J connectivity index is 2.59. The highest BCUT2D eigenvalue weighted by Crippen LogP contribution is 2.01. The number of pyridine rings is 1. The van der Waals surface area contributed by atoms with Gasteiger partial charge in [0, 0.05) is 19.3 Å². The van der Waals surface area contributed by atoms with Crippen molar-refractivity contribution in [1.29, 1.82) is 0 Å². The van der Waals surface area contributed by atoms with Crippen LogP contribution in [-0.4, -0.2) is 29.9 Å². The first-order valence-corrected chi connectivity index (χ1v) is 6.92. The fraction of sp³-hybridized carbons (Fsp3) is 0.533. The summed E-state index contributed by atoms with van der Waals surface area (Å²) >= 11 is 0. The normalized spacial score (nSPS) is 10.7. The molecule has 0 spiro atoms. The fourth-order valence-corrected chi connectivity index (χ4v) is 1.45. The van der Waals surface area contributed by atoms with Gasteiger partial charge in [0.1, 0.15) is 5.69 Å². The molecule has 1 heterocycles. The van der Waals surface area contributed by atoms with Crippen molar-refractivity contribution >= 4 is 11.8 Å². The number of nitrogens with zero attached hydrogens (tertiary/aromatic N) is 1. The lowest BCUT2D eigenvalue weighted by molar-refractivity contribution is 0.0933. The van der Waals surface area contributed by atoms with Gasteiger partial charge in [0.25, 0.3) is 11.8 Å². The zero-order valence-electron chi connectivity index (χ0n) is 12.6. The van der Waals surface area contributed by atoms with Crippen LogP contribution in [0.4, 0.5) is 0 Å². The van der Waals surface area contributed by atoms with Gasteiger partial charge in [0.15, 0.2) is 0 Å². The van der Waals surface area contributed by atoms with Crippen molar-refractivity contribution in [3.63, 3.8) is 0 Å². The van der Waals surface area contributed by atoms with E-state index in [1.165, 1.54) is 6.20 Å². The van der Waals surface area contributed by atoms with Crippen molar-refractivity contribution in [2.24, 2.45) is 11.8 Å². The van der Waals surface area contributed by atoms with Gasteiger partial charge in [-0.25, -0.2) is 0 Å². The van der Waals surface area contributed by atoms with Crippen LogP contribution in [0.25, 0.3) is 0 Å². The van der Waals surface area contributed by atoms with Gasteiger partial charge in [-0.2, -0.15) is 0 Å². The molecule has 0 aliphatic carbocycles. The van der Waals surface area contributed by atoms with Crippen molar-refractivity contribution in [3.05, 3.63) is 29.6 Å². The highest BCUT2D eigenvalue weighted by molar-refractivity contribution is 5.96. The third-order valence-corrected chi connectivity index (χ3v) is 2.60. The van der Waals surface area contributed by atoms with Gasteiger partial charge < -0.3 is 10.6 Å². The van der Waals surface area contributed by atoms with E-state index in [4.69, 9.17) is 0 Å². The number of carbonyl (C=O) groups is 2. The van der Waals surface area contributed by atoms with E-state index in [2.05, 4.69) is 15.6 Å². The van der Waals surface area contributed by atoms with Crippen molar-refractivity contribution in [3.8, 4) is 0 Å². The molecule has 1 rings (SSSR count). The first kappa shape index (κ1) is 16.1. The third kappa shape index (κ3) is 5.38. The molecule has 0 aliphatic rings. The summed E-state index contributed by atoms with van der Waals surface area (Å²) in [5.41, 5.74) is 0.789. The molecule has 5 heteroatoms. The van der Waals surface area contributed by atoms with Gasteiger partial charge in [-0.3, -0.25) is 14.6 Å². The molecular weight excluding hydrogens is 254 g/mol. The van der Waals surface area contributed by atoms with Crippen molar-refractivity contribution in [2.75, 3.05) is 13.1 Å². The average molecular weight is 277 g/mol. The van der Waals surface area contributed by atoms with Gasteiger partial charge in [0.2, 0.25) is 0 Å². The SMILES string of the molecule is CC(C)CNC(=O)c1ccc(C(=O)NCC(C)C)nc1. The molecule has 0 saturated carbocycles. The fourth-order valence-electron chi connectivity index (χ4n) is 1.45. The maximum atomic E-state index is 11.8. The summed E-state index contributed by atoms with van der Waals surface area (Å²) in [5.74, 6) is 0.404. The van der Waals surface area contributed by atoms with Crippen LogP contribution in [0.15, 0.2) is 18.3 Å². The Hall–Kier alpha value is -1.91. The van der Waals surface area contributed by atoms with Gasteiger partial charge in [-0.15, -0.1) is 0 Å². The summed E-state index contributed by atoms with van der Waals surface area (Å²) < 4.78 is 0. The van der Waals surface area contributed by atoms with Crippen molar-refractivity contribution < 1.29 is 9.59 Å². The Morgan fingerprint density at radius 2 is 1.55 bits per heavy atom. The predicted molar refractivity (Wildman–Crippen MR) is 78.6 cm³/mol. The minimum atomic E-state index is -0.215. The molecule has 20 heavy (non-hydrogen) atoms. The largest absolute Gasteiger partial charge is 0.352 e. The van der Waals surface area contributed by atoms with Crippen LogP contribution >= 0.6 is 0 Å². The van der Waals surface area contributed by atoms with E-state index in [1.807, 2.05) is 27.7 Å². The van der Waals surface area contributed by atoms with E-state index < -0.39 is 0 Å². The lowest BCUT2D eigenvalue weighted by Gasteiger charge is -2.09. The van der Waals surface area contributed by atoms with E-state index >= 15 is 0 Å². The maximum Gasteiger partial charge on any atom is 0.269 e. The second-order valence-corrected chi connectivity index (χ2v) is 5.64. The first-order chi connectivity index (χ1) is 9.40. The van der Waals surface area contributed by atoms with Crippen LogP contribution in [0.2, 0.25) is 0 Å². The lowest BCUT2D eigenvalue weighted by Crippen LogP contribution is -2.29. The van der Waals surface area contributed by atoms with E-state index in [9.17, 15) is 9.59 Å². The molecule has 110 valence electrons. The summed E-state index contributed by atoms with van der Waals surface area (Å²) in [6.07, 6.45) is 1.43. The molecule has 1 aromatic heterocycles. The van der Waals surface area contributed by atoms with Crippen LogP contribution in [0.3, 0.4) is 0 Å². The number of nitrogens with one attached hydrogen (secondary N) is 2. The molecule has 2 amide bonds. The van der Waals surface area contributed by atoms with Crippen molar-refractivity contribution in [2.45, 2.75) is 27.7 Å². The second kappa shape index (κ2) is 7.62. The molecule has 0 bridgehead atoms. The van der Waals surface area contributed by atoms with Crippen LogP contribution in [-0.2, 0) is 0 Å². The number of aromatic nitrogens is 1. The quantitative estimate of drug-likeness (QED) is 0.833. The van der Waals surface area contributed by atoms with E-state index in [1.54, 1.807) is 12.1 Å². The molecule has 1 aromatic rings. The monoisotopic (exact) mass is 277 g/mol. The van der Waals surface area contributed by atoms with Gasteiger partial charge in [-0.1, -0.05) is 27.7 Å². The standard InChI is InChI=1S/C15H23N3O2/c1-10(2)7-17-14(19)12-5-6-13(16-9-12)15(20)18-8-11(3)4/h5-6,9-11H,7-8H2,1-4H3,(H,17,19)(H,18,20). The Morgan fingerprint density at radius 1 is 1.00 bits per heavy atom. The summed E-state index contributed by atoms with van der Waals surface area (Å²) in [4.78, 5) is 27.6. The molecule has 0 atom stereocenters. The molecule has 2 N–H and O–H groups in total. The Kier molecular flexibility index (Phi) is 6.15. The zero-order chi connectivity index (χ0) is 15.1. The Bertz CT molecular complexity index is 410. The van der Waals surface area contributed by atoms with Crippen LogP contribution in [0.1, 0.15) is 48.5 Å². The minimum absolute atomic E-state index is 0.166. The molecular formula is C15H23N3O2. The van der Waals surface area contributed by atoms with E-state index in [0.29, 0.717) is 36.2 Å². The number of hydrogen-bond acceptors (Lipinski definition) is 3. The maximum absolute atomic E-state index is 11.8. The van der Waals surface area contributed by atoms with Crippen molar-refractivity contribution in [1.82, 2.24) is 15.6 Å². The smallest absolute Gasteiger partial charge is 0.269 e. The third-order valence-electron chi connectivity index (χ3n) is 2.60. The molecule has 0 aromatic carbocycles. The summed E-state index contributed by atoms with van der Waals surface area (Å²) in [5, 5.41) is 5.59. The number of amides is 2. The molecule has 0 saturated heterocycles. The minimum Gasteiger partial charge on any atom is -0.352 e. The molecule has 0 radical (unpaired) electrons. The van der Waals surface area contributed by atoms with Gasteiger partial charge in [0.05, 0.1) is 5.56 Å². The first-order valence-electron chi connectivity index (χ1n) is 6.92. The van der Waals surface area contributed by atoms with Crippen LogP contribution in [0.5, 0.6) is 0 Å². The Labute approximate surface area is 120 Å². The number of hydrogen-bond donors (Lipinski definition) is 2. The highest BCUT2D eigenvalue weighted by Gasteiger charge is 2.10. The average Bonchev–Trinajstić information content (AvgIpc) is 2.42. The Morgan fingerprint density at radius 3 is 2.00 bits per heavy atom. The van der Waals surface area contributed by atoms with E-state index in [-0.39, 0.29) is 11.8 Å². The second-order valence-electron chi connectivity index (χ2n) is 5.64. The van der Waals surface area contributed by atoms with Gasteiger partial charge in [-0.05, 0) is 24.0 Å². The molecule has 0 aliphatic heterocycles. The topological polar surface area (TPSA) is 71.1 Å². The predicted octanol–water partition coefficient (Wildman–Crippen LogP) is 1.85.